The predicted molar refractivity (Wildman–Crippen MR) is 41.9 cm³/mol. The molecule has 2 aromatic heterocycles. The van der Waals surface area contributed by atoms with E-state index < -0.39 is 0 Å². The highest BCUT2D eigenvalue weighted by Crippen LogP contribution is 2.08. The fourth-order valence-electron chi connectivity index (χ4n) is 0.869. The summed E-state index contributed by atoms with van der Waals surface area (Å²) in [7, 11) is 0. The second-order valence-corrected chi connectivity index (χ2v) is 3.00. The summed E-state index contributed by atoms with van der Waals surface area (Å²) in [5.41, 5.74) is 2.17. The Morgan fingerprint density at radius 3 is 3.27 bits per heavy atom. The third-order valence-corrected chi connectivity index (χ3v) is 2.39. The molecule has 0 aromatic carbocycles. The van der Waals surface area contributed by atoms with E-state index in [0.29, 0.717) is 5.56 Å². The molecule has 0 bridgehead atoms. The van der Waals surface area contributed by atoms with Crippen molar-refractivity contribution >= 4 is 16.2 Å². The van der Waals surface area contributed by atoms with Crippen LogP contribution in [-0.4, -0.2) is 14.6 Å². The minimum atomic E-state index is -0.172. The van der Waals surface area contributed by atoms with Crippen LogP contribution in [-0.2, 0) is 0 Å². The molecule has 0 spiro atoms. The zero-order valence-electron chi connectivity index (χ0n) is 5.81. The highest BCUT2D eigenvalue weighted by Gasteiger charge is 2.01. The van der Waals surface area contributed by atoms with Crippen LogP contribution in [0.1, 0.15) is 5.56 Å². The van der Waals surface area contributed by atoms with Crippen molar-refractivity contribution in [1.82, 2.24) is 14.6 Å². The maximum absolute atomic E-state index is 11.0. The van der Waals surface area contributed by atoms with Crippen molar-refractivity contribution in [3.05, 3.63) is 27.8 Å². The van der Waals surface area contributed by atoms with Gasteiger partial charge < -0.3 is 0 Å². The molecule has 56 valence electrons. The van der Waals surface area contributed by atoms with E-state index in [0.717, 1.165) is 4.83 Å². The molecule has 0 saturated heterocycles. The first kappa shape index (κ1) is 6.48. The molecule has 0 saturated carbocycles. The van der Waals surface area contributed by atoms with Gasteiger partial charge in [0, 0.05) is 0 Å². The van der Waals surface area contributed by atoms with E-state index in [1.165, 1.54) is 17.7 Å². The number of fused-ring (bicyclic) bond motifs is 1. The Labute approximate surface area is 66.1 Å². The largest absolute Gasteiger partial charge is 0.277 e. The van der Waals surface area contributed by atoms with E-state index in [-0.39, 0.29) is 5.56 Å². The summed E-state index contributed by atoms with van der Waals surface area (Å²) in [5.74, 6) is 0. The van der Waals surface area contributed by atoms with Crippen molar-refractivity contribution in [2.24, 2.45) is 0 Å². The van der Waals surface area contributed by atoms with Crippen LogP contribution in [0.25, 0.3) is 4.83 Å². The van der Waals surface area contributed by atoms with Gasteiger partial charge in [-0.2, -0.15) is 10.1 Å². The zero-order valence-corrected chi connectivity index (χ0v) is 6.63. The monoisotopic (exact) mass is 167 g/mol. The number of aryl methyl sites for hydroxylation is 1. The Morgan fingerprint density at radius 2 is 2.45 bits per heavy atom. The lowest BCUT2D eigenvalue weighted by molar-refractivity contribution is 0.902. The molecular weight excluding hydrogens is 162 g/mol. The quantitative estimate of drug-likeness (QED) is 0.572. The Balaban J connectivity index is 3.04. The standard InChI is InChI=1S/C6H5N3OS/c1-4-5(10)7-2-9-6(4)11-3-8-9/h2-3H,1H3. The van der Waals surface area contributed by atoms with Gasteiger partial charge in [0.05, 0.1) is 5.56 Å². The smallest absolute Gasteiger partial charge is 0.267 e. The van der Waals surface area contributed by atoms with Crippen LogP contribution in [0.4, 0.5) is 0 Å². The zero-order chi connectivity index (χ0) is 7.84. The minimum absolute atomic E-state index is 0.172. The van der Waals surface area contributed by atoms with E-state index in [1.807, 2.05) is 0 Å². The van der Waals surface area contributed by atoms with Crippen LogP contribution in [0, 0.1) is 6.92 Å². The highest BCUT2D eigenvalue weighted by atomic mass is 32.1. The Bertz CT molecular complexity index is 444. The molecule has 4 nitrogen and oxygen atoms in total. The third-order valence-electron chi connectivity index (χ3n) is 1.47. The lowest BCUT2D eigenvalue weighted by Crippen LogP contribution is -2.10. The first-order valence-corrected chi connectivity index (χ1v) is 3.95. The number of rotatable bonds is 0. The maximum Gasteiger partial charge on any atom is 0.277 e. The van der Waals surface area contributed by atoms with Crippen LogP contribution in [0.2, 0.25) is 0 Å². The Hall–Kier alpha value is -1.23. The topological polar surface area (TPSA) is 47.3 Å². The molecule has 2 heterocycles. The fourth-order valence-corrected chi connectivity index (χ4v) is 1.58. The summed E-state index contributed by atoms with van der Waals surface area (Å²) in [5, 5.41) is 3.95. The van der Waals surface area contributed by atoms with Gasteiger partial charge in [0.25, 0.3) is 5.56 Å². The van der Waals surface area contributed by atoms with Crippen LogP contribution in [0.3, 0.4) is 0 Å². The van der Waals surface area contributed by atoms with Crippen molar-refractivity contribution < 1.29 is 0 Å². The van der Waals surface area contributed by atoms with Gasteiger partial charge in [0.15, 0.2) is 0 Å². The lowest BCUT2D eigenvalue weighted by Gasteiger charge is -1.91. The van der Waals surface area contributed by atoms with Gasteiger partial charge in [-0.05, 0) is 6.92 Å². The van der Waals surface area contributed by atoms with Crippen LogP contribution in [0.5, 0.6) is 0 Å². The average Bonchev–Trinajstić information content (AvgIpc) is 2.45. The predicted octanol–water partition coefficient (Wildman–Crippen LogP) is 0.459. The number of hydrogen-bond acceptors (Lipinski definition) is 4. The third kappa shape index (κ3) is 0.848. The summed E-state index contributed by atoms with van der Waals surface area (Å²) < 4.78 is 1.60. The molecule has 0 aliphatic carbocycles. The Kier molecular flexibility index (Phi) is 1.25. The van der Waals surface area contributed by atoms with E-state index in [4.69, 9.17) is 0 Å². The molecule has 11 heavy (non-hydrogen) atoms. The normalized spacial score (nSPS) is 10.6. The Morgan fingerprint density at radius 1 is 1.64 bits per heavy atom. The summed E-state index contributed by atoms with van der Waals surface area (Å²) in [6, 6.07) is 0. The van der Waals surface area contributed by atoms with E-state index in [2.05, 4.69) is 10.1 Å². The maximum atomic E-state index is 11.0. The van der Waals surface area contributed by atoms with Gasteiger partial charge in [0.2, 0.25) is 0 Å². The first-order chi connectivity index (χ1) is 5.29. The molecule has 0 aliphatic rings. The summed E-state index contributed by atoms with van der Waals surface area (Å²) in [4.78, 5) is 15.5. The summed E-state index contributed by atoms with van der Waals surface area (Å²) in [6.07, 6.45) is 1.43. The summed E-state index contributed by atoms with van der Waals surface area (Å²) in [6.45, 7) is 1.75. The minimum Gasteiger partial charge on any atom is -0.267 e. The fraction of sp³-hybridized carbons (Fsp3) is 0.167. The van der Waals surface area contributed by atoms with Crippen molar-refractivity contribution in [2.75, 3.05) is 0 Å². The molecule has 0 N–H and O–H groups in total. The van der Waals surface area contributed by atoms with Gasteiger partial charge in [0.1, 0.15) is 16.7 Å². The van der Waals surface area contributed by atoms with E-state index in [1.54, 1.807) is 16.9 Å². The second kappa shape index (κ2) is 2.13. The summed E-state index contributed by atoms with van der Waals surface area (Å²) >= 11 is 1.44. The molecule has 0 amide bonds. The molecular formula is C6H5N3OS. The van der Waals surface area contributed by atoms with Crippen molar-refractivity contribution in [3.63, 3.8) is 0 Å². The molecule has 0 unspecified atom stereocenters. The molecule has 5 heteroatoms. The molecule has 0 radical (unpaired) electrons. The van der Waals surface area contributed by atoms with Crippen molar-refractivity contribution in [2.45, 2.75) is 6.92 Å². The van der Waals surface area contributed by atoms with Crippen LogP contribution in [0.15, 0.2) is 16.6 Å². The number of nitrogens with zero attached hydrogens (tertiary/aromatic N) is 3. The number of hydrogen-bond donors (Lipinski definition) is 0. The van der Waals surface area contributed by atoms with Crippen molar-refractivity contribution in [3.8, 4) is 0 Å². The molecule has 2 rings (SSSR count). The van der Waals surface area contributed by atoms with Gasteiger partial charge in [-0.25, -0.2) is 4.52 Å². The molecule has 0 atom stereocenters. The first-order valence-electron chi connectivity index (χ1n) is 3.07. The van der Waals surface area contributed by atoms with Gasteiger partial charge >= 0.3 is 0 Å². The van der Waals surface area contributed by atoms with Crippen LogP contribution >= 0.6 is 11.3 Å². The van der Waals surface area contributed by atoms with E-state index >= 15 is 0 Å². The highest BCUT2D eigenvalue weighted by molar-refractivity contribution is 7.15. The average molecular weight is 167 g/mol. The lowest BCUT2D eigenvalue weighted by atomic mass is 10.4. The van der Waals surface area contributed by atoms with Crippen LogP contribution < -0.4 is 5.56 Å². The molecule has 0 aliphatic heterocycles. The van der Waals surface area contributed by atoms with Gasteiger partial charge in [-0.1, -0.05) is 0 Å². The molecule has 0 fully saturated rings. The van der Waals surface area contributed by atoms with Gasteiger partial charge in [-0.3, -0.25) is 4.79 Å². The molecule has 2 aromatic rings. The van der Waals surface area contributed by atoms with Gasteiger partial charge in [-0.15, -0.1) is 11.3 Å². The van der Waals surface area contributed by atoms with Crippen molar-refractivity contribution in [1.29, 1.82) is 0 Å². The van der Waals surface area contributed by atoms with E-state index in [9.17, 15) is 4.79 Å². The number of aromatic nitrogens is 3. The second-order valence-electron chi connectivity index (χ2n) is 2.16. The SMILES string of the molecule is Cc1c(=O)ncn2ncsc12.